The Labute approximate surface area is 299 Å². The number of hydrogen-bond donors (Lipinski definition) is 1. The van der Waals surface area contributed by atoms with E-state index in [-0.39, 0.29) is 18.1 Å². The van der Waals surface area contributed by atoms with Crippen LogP contribution >= 0.6 is 0 Å². The fourth-order valence-electron chi connectivity index (χ4n) is 7.81. The largest absolute Gasteiger partial charge is 0.493 e. The molecular weight excluding hydrogens is 658 g/mol. The van der Waals surface area contributed by atoms with Crippen LogP contribution in [0, 0.1) is 5.92 Å². The number of Topliss-reactive ketones (excluding diaryl/α,β-unsaturated/α-hetero) is 1. The number of nitrogens with one attached hydrogen (secondary N) is 1. The van der Waals surface area contributed by atoms with E-state index in [1.54, 1.807) is 24.5 Å². The number of piperidine rings is 1. The van der Waals surface area contributed by atoms with E-state index in [1.165, 1.54) is 0 Å². The van der Waals surface area contributed by atoms with Crippen molar-refractivity contribution in [3.8, 4) is 28.8 Å². The van der Waals surface area contributed by atoms with E-state index in [0.717, 1.165) is 51.3 Å². The lowest BCUT2D eigenvalue weighted by Gasteiger charge is -2.44. The third-order valence-electron chi connectivity index (χ3n) is 10.9. The van der Waals surface area contributed by atoms with Crippen LogP contribution in [0.25, 0.3) is 32.9 Å². The smallest absolute Gasteiger partial charge is 0.253 e. The number of pyridine rings is 2. The van der Waals surface area contributed by atoms with Crippen LogP contribution in [0.3, 0.4) is 0 Å². The first-order chi connectivity index (χ1) is 25.3. The highest BCUT2D eigenvalue weighted by Gasteiger charge is 2.47. The molecule has 3 aromatic heterocycles. The zero-order valence-corrected chi connectivity index (χ0v) is 29.0. The Hall–Kier alpha value is -5.91. The minimum absolute atomic E-state index is 0.0116. The Bertz CT molecular complexity index is 2350. The maximum atomic E-state index is 14.0. The van der Waals surface area contributed by atoms with Gasteiger partial charge in [-0.1, -0.05) is 6.07 Å². The van der Waals surface area contributed by atoms with Gasteiger partial charge in [0, 0.05) is 77.7 Å². The van der Waals surface area contributed by atoms with E-state index < -0.39 is 11.2 Å². The molecule has 3 aliphatic rings. The molecule has 2 aliphatic heterocycles. The Morgan fingerprint density at radius 3 is 2.67 bits per heavy atom. The molecule has 3 aromatic carbocycles. The molecule has 1 N–H and O–H groups in total. The lowest BCUT2D eigenvalue weighted by molar-refractivity contribution is -0.00569. The van der Waals surface area contributed by atoms with Crippen molar-refractivity contribution in [1.29, 1.82) is 0 Å². The van der Waals surface area contributed by atoms with Gasteiger partial charge in [0.2, 0.25) is 5.88 Å². The number of aromatic amines is 1. The van der Waals surface area contributed by atoms with Crippen LogP contribution in [0.4, 0.5) is 0 Å². The van der Waals surface area contributed by atoms with Crippen molar-refractivity contribution in [3.63, 3.8) is 0 Å². The van der Waals surface area contributed by atoms with Gasteiger partial charge in [-0.05, 0) is 103 Å². The van der Waals surface area contributed by atoms with Crippen molar-refractivity contribution in [2.45, 2.75) is 57.2 Å². The Kier molecular flexibility index (Phi) is 7.63. The normalized spacial score (nSPS) is 17.8. The zero-order valence-electron chi connectivity index (χ0n) is 29.0. The van der Waals surface area contributed by atoms with E-state index in [0.29, 0.717) is 67.0 Å². The number of tetrazole rings is 1. The quantitative estimate of drug-likeness (QED) is 0.182. The molecule has 2 fully saturated rings. The fourth-order valence-corrected chi connectivity index (χ4v) is 7.81. The zero-order chi connectivity index (χ0) is 35.5. The van der Waals surface area contributed by atoms with E-state index in [1.807, 2.05) is 54.4 Å². The van der Waals surface area contributed by atoms with E-state index in [9.17, 15) is 9.59 Å². The van der Waals surface area contributed by atoms with Crippen LogP contribution in [0.5, 0.6) is 17.4 Å². The lowest BCUT2D eigenvalue weighted by Crippen LogP contribution is -2.52. The van der Waals surface area contributed by atoms with Gasteiger partial charge in [-0.3, -0.25) is 14.6 Å². The second-order valence-electron chi connectivity index (χ2n) is 14.2. The minimum atomic E-state index is -0.677. The average molecular weight is 696 g/mol. The van der Waals surface area contributed by atoms with Crippen LogP contribution in [0.15, 0.2) is 79.3 Å². The number of H-pyrrole nitrogens is 1. The molecule has 1 atom stereocenters. The summed E-state index contributed by atoms with van der Waals surface area (Å²) in [6.07, 6.45) is 8.82. The molecule has 1 unspecified atom stereocenters. The number of aromatic nitrogens is 6. The number of rotatable bonds is 8. The van der Waals surface area contributed by atoms with Gasteiger partial charge >= 0.3 is 0 Å². The molecule has 6 aromatic rings. The number of ether oxygens (including phenoxy) is 3. The molecule has 1 spiro atoms. The van der Waals surface area contributed by atoms with Crippen molar-refractivity contribution >= 4 is 33.2 Å². The monoisotopic (exact) mass is 695 g/mol. The molecule has 5 heterocycles. The maximum absolute atomic E-state index is 14.0. The standard InChI is InChI=1S/C40H37N7O5/c1-3-50-35-21-29(18-27-23-41-14-11-30(27)35)39(2,28-7-8-28)52-37-31-20-26(5-4-24(31)10-15-42-37)38(49)47-16-12-40(13-17-47)22-33(48)32-19-25(6-9-34(32)51-40)36-43-45-46-44-36/h4-6,9-11,14-15,18-21,23,28H,3,7-8,12-13,16-17,22H2,1-2H3,(H,43,44,45,46). The molecule has 262 valence electrons. The SMILES string of the molecule is CCOc1cc(C(C)(Oc2nccc3ccc(C(=O)N4CCC5(CC4)CC(=O)c4cc(-c6nnn[nH]6)ccc4O5)cc23)C2CC2)cc2cnccc12. The van der Waals surface area contributed by atoms with Crippen molar-refractivity contribution in [2.75, 3.05) is 19.7 Å². The van der Waals surface area contributed by atoms with Crippen molar-refractivity contribution in [3.05, 3.63) is 95.9 Å². The van der Waals surface area contributed by atoms with E-state index in [4.69, 9.17) is 19.2 Å². The summed E-state index contributed by atoms with van der Waals surface area (Å²) < 4.78 is 19.5. The number of carbonyl (C=O) groups is 2. The summed E-state index contributed by atoms with van der Waals surface area (Å²) in [5.74, 6) is 2.56. The van der Waals surface area contributed by atoms with Crippen molar-refractivity contribution in [1.82, 2.24) is 35.5 Å². The summed E-state index contributed by atoms with van der Waals surface area (Å²) in [6, 6.07) is 19.3. The van der Waals surface area contributed by atoms with Crippen LogP contribution in [0.2, 0.25) is 0 Å². The summed E-state index contributed by atoms with van der Waals surface area (Å²) in [6.45, 7) is 5.59. The molecule has 1 saturated carbocycles. The van der Waals surface area contributed by atoms with Crippen LogP contribution in [-0.2, 0) is 5.60 Å². The van der Waals surface area contributed by atoms with Crippen LogP contribution in [0.1, 0.15) is 72.2 Å². The summed E-state index contributed by atoms with van der Waals surface area (Å²) >= 11 is 0. The average Bonchev–Trinajstić information content (AvgIpc) is 3.89. The third-order valence-corrected chi connectivity index (χ3v) is 10.9. The highest BCUT2D eigenvalue weighted by molar-refractivity contribution is 6.02. The Morgan fingerprint density at radius 2 is 1.88 bits per heavy atom. The van der Waals surface area contributed by atoms with Gasteiger partial charge < -0.3 is 19.1 Å². The van der Waals surface area contributed by atoms with E-state index >= 15 is 0 Å². The van der Waals surface area contributed by atoms with Gasteiger partial charge in [0.05, 0.1) is 18.6 Å². The van der Waals surface area contributed by atoms with Gasteiger partial charge in [0.15, 0.2) is 11.6 Å². The summed E-state index contributed by atoms with van der Waals surface area (Å²) in [4.78, 5) is 38.3. The van der Waals surface area contributed by atoms with Crippen molar-refractivity contribution in [2.24, 2.45) is 5.92 Å². The Morgan fingerprint density at radius 1 is 1.02 bits per heavy atom. The second-order valence-corrected chi connectivity index (χ2v) is 14.2. The molecule has 12 nitrogen and oxygen atoms in total. The molecule has 1 aliphatic carbocycles. The molecule has 52 heavy (non-hydrogen) atoms. The van der Waals surface area contributed by atoms with Gasteiger partial charge in [-0.25, -0.2) is 10.1 Å². The number of likely N-dealkylation sites (tertiary alicyclic amines) is 1. The highest BCUT2D eigenvalue weighted by Crippen LogP contribution is 2.50. The first kappa shape index (κ1) is 32.0. The number of amides is 1. The van der Waals surface area contributed by atoms with Gasteiger partial charge in [0.1, 0.15) is 22.7 Å². The lowest BCUT2D eigenvalue weighted by atomic mass is 9.82. The number of carbonyl (C=O) groups excluding carboxylic acids is 2. The first-order valence-electron chi connectivity index (χ1n) is 17.8. The molecule has 0 bridgehead atoms. The minimum Gasteiger partial charge on any atom is -0.493 e. The predicted molar refractivity (Wildman–Crippen MR) is 192 cm³/mol. The molecule has 0 radical (unpaired) electrons. The molecule has 9 rings (SSSR count). The summed E-state index contributed by atoms with van der Waals surface area (Å²) in [5.41, 5.74) is 1.47. The number of nitrogens with zero attached hydrogens (tertiary/aromatic N) is 6. The maximum Gasteiger partial charge on any atom is 0.253 e. The van der Waals surface area contributed by atoms with Gasteiger partial charge in [-0.2, -0.15) is 0 Å². The van der Waals surface area contributed by atoms with Crippen LogP contribution < -0.4 is 14.2 Å². The summed E-state index contributed by atoms with van der Waals surface area (Å²) in [5, 5.41) is 17.6. The number of benzene rings is 3. The first-order valence-corrected chi connectivity index (χ1v) is 17.8. The number of fused-ring (bicyclic) bond motifs is 3. The topological polar surface area (TPSA) is 145 Å². The number of hydrogen-bond acceptors (Lipinski definition) is 10. The van der Waals surface area contributed by atoms with Crippen molar-refractivity contribution < 1.29 is 23.8 Å². The molecule has 12 heteroatoms. The van der Waals surface area contributed by atoms with Gasteiger partial charge in [0.25, 0.3) is 5.91 Å². The fraction of sp³-hybridized carbons (Fsp3) is 0.325. The molecule has 1 amide bonds. The molecular formula is C40H37N7O5. The van der Waals surface area contributed by atoms with E-state index in [2.05, 4.69) is 44.7 Å². The Balaban J connectivity index is 0.957. The molecule has 1 saturated heterocycles. The third kappa shape index (κ3) is 5.58. The van der Waals surface area contributed by atoms with Crippen LogP contribution in [-0.4, -0.2) is 72.5 Å². The summed E-state index contributed by atoms with van der Waals surface area (Å²) in [7, 11) is 0. The number of ketones is 1. The second kappa shape index (κ2) is 12.4. The highest BCUT2D eigenvalue weighted by atomic mass is 16.5. The predicted octanol–water partition coefficient (Wildman–Crippen LogP) is 6.71. The van der Waals surface area contributed by atoms with Gasteiger partial charge in [-0.15, -0.1) is 5.10 Å².